The topological polar surface area (TPSA) is 163 Å². The lowest BCUT2D eigenvalue weighted by molar-refractivity contribution is -0.384. The molecule has 1 heterocycles. The number of hydrogen-bond donors (Lipinski definition) is 3. The van der Waals surface area contributed by atoms with Gasteiger partial charge in [-0.1, -0.05) is 24.3 Å². The molecule has 1 atom stereocenters. The zero-order valence-electron chi connectivity index (χ0n) is 24.7. The number of non-ortho nitro benzene ring substituents is 1. The highest BCUT2D eigenvalue weighted by Gasteiger charge is 2.32. The van der Waals surface area contributed by atoms with Gasteiger partial charge in [-0.3, -0.25) is 14.9 Å². The Morgan fingerprint density at radius 2 is 1.80 bits per heavy atom. The van der Waals surface area contributed by atoms with E-state index in [1.807, 2.05) is 0 Å². The molecule has 0 aliphatic carbocycles. The third kappa shape index (κ3) is 8.32. The van der Waals surface area contributed by atoms with Crippen LogP contribution in [0.4, 0.5) is 5.69 Å². The molecule has 1 amide bonds. The lowest BCUT2D eigenvalue weighted by atomic mass is 9.95. The molecule has 234 valence electrons. The molecule has 13 nitrogen and oxygen atoms in total. The van der Waals surface area contributed by atoms with Gasteiger partial charge in [0.1, 0.15) is 12.4 Å². The molecule has 3 N–H and O–H groups in total. The molecule has 0 spiro atoms. The molecule has 0 saturated heterocycles. The van der Waals surface area contributed by atoms with Gasteiger partial charge in [0.25, 0.3) is 11.6 Å². The Labute approximate surface area is 264 Å². The van der Waals surface area contributed by atoms with E-state index in [9.17, 15) is 19.7 Å². The van der Waals surface area contributed by atoms with Crippen molar-refractivity contribution in [3.8, 4) is 17.2 Å². The van der Waals surface area contributed by atoms with E-state index >= 15 is 0 Å². The Balaban J connectivity index is 1.42. The van der Waals surface area contributed by atoms with Gasteiger partial charge in [-0.25, -0.2) is 10.2 Å². The molecule has 3 aromatic rings. The van der Waals surface area contributed by atoms with E-state index < -0.39 is 22.8 Å². The third-order valence-electron chi connectivity index (χ3n) is 6.51. The second-order valence-electron chi connectivity index (χ2n) is 9.50. The molecular weight excluding hydrogens is 602 g/mol. The monoisotopic (exact) mass is 633 g/mol. The number of benzene rings is 3. The summed E-state index contributed by atoms with van der Waals surface area (Å²) in [4.78, 5) is 35.9. The number of nitrogens with zero attached hydrogens (tertiary/aromatic N) is 2. The minimum absolute atomic E-state index is 0.0208. The lowest BCUT2D eigenvalue weighted by Gasteiger charge is -2.30. The first-order valence-electron chi connectivity index (χ1n) is 13.7. The molecule has 14 heteroatoms. The summed E-state index contributed by atoms with van der Waals surface area (Å²) in [5.74, 6) is 0.129. The zero-order valence-corrected chi connectivity index (χ0v) is 25.5. The number of esters is 1. The Kier molecular flexibility index (Phi) is 11.0. The molecule has 0 unspecified atom stereocenters. The number of rotatable bonds is 13. The number of thiocarbonyl (C=S) groups is 1. The van der Waals surface area contributed by atoms with Crippen molar-refractivity contribution >= 4 is 41.1 Å². The van der Waals surface area contributed by atoms with Gasteiger partial charge in [0.2, 0.25) is 0 Å². The van der Waals surface area contributed by atoms with Crippen LogP contribution in [0.3, 0.4) is 0 Å². The molecule has 0 saturated carbocycles. The molecule has 0 aromatic heterocycles. The number of nitro groups is 1. The summed E-state index contributed by atoms with van der Waals surface area (Å²) in [6, 6.07) is 17.5. The number of hydrazone groups is 1. The third-order valence-corrected chi connectivity index (χ3v) is 6.73. The lowest BCUT2D eigenvalue weighted by Crippen LogP contribution is -2.45. The average Bonchev–Trinajstić information content (AvgIpc) is 3.03. The van der Waals surface area contributed by atoms with Crippen molar-refractivity contribution in [2.45, 2.75) is 26.5 Å². The number of nitro benzene ring substituents is 1. The first-order chi connectivity index (χ1) is 21.7. The maximum atomic E-state index is 12.8. The van der Waals surface area contributed by atoms with Gasteiger partial charge in [0.05, 0.1) is 36.5 Å². The SMILES string of the molecule is CCOC(=O)C1=C(C)NC(=S)N[C@H]1c1ccccc1OCC(=O)NN=Cc1cccc(OC)c1OCc1ccc([N+](=O)[O-])cc1. The van der Waals surface area contributed by atoms with Gasteiger partial charge in [-0.2, -0.15) is 5.10 Å². The number of amides is 1. The van der Waals surface area contributed by atoms with Crippen LogP contribution in [0.15, 0.2) is 83.1 Å². The number of hydrogen-bond acceptors (Lipinski definition) is 10. The second-order valence-corrected chi connectivity index (χ2v) is 9.91. The predicted octanol–water partition coefficient (Wildman–Crippen LogP) is 4.07. The number of para-hydroxylation sites is 2. The molecule has 0 fully saturated rings. The number of methoxy groups -OCH3 is 1. The normalized spacial score (nSPS) is 14.3. The van der Waals surface area contributed by atoms with Gasteiger partial charge < -0.3 is 29.6 Å². The van der Waals surface area contributed by atoms with Crippen LogP contribution in [-0.2, 0) is 20.9 Å². The highest BCUT2D eigenvalue weighted by atomic mass is 32.1. The molecule has 1 aliphatic rings. The van der Waals surface area contributed by atoms with Crippen LogP contribution in [0.25, 0.3) is 0 Å². The fourth-order valence-electron chi connectivity index (χ4n) is 4.43. The van der Waals surface area contributed by atoms with E-state index in [0.717, 1.165) is 0 Å². The van der Waals surface area contributed by atoms with E-state index in [-0.39, 0.29) is 25.5 Å². The molecule has 45 heavy (non-hydrogen) atoms. The van der Waals surface area contributed by atoms with Crippen LogP contribution in [0.2, 0.25) is 0 Å². The van der Waals surface area contributed by atoms with Crippen LogP contribution in [0.1, 0.15) is 36.6 Å². The Bertz CT molecular complexity index is 1640. The molecule has 0 radical (unpaired) electrons. The smallest absolute Gasteiger partial charge is 0.338 e. The molecule has 3 aromatic carbocycles. The zero-order chi connectivity index (χ0) is 32.3. The summed E-state index contributed by atoms with van der Waals surface area (Å²) in [6.07, 6.45) is 1.40. The number of ether oxygens (including phenoxy) is 4. The molecule has 0 bridgehead atoms. The maximum Gasteiger partial charge on any atom is 0.338 e. The minimum Gasteiger partial charge on any atom is -0.493 e. The van der Waals surface area contributed by atoms with Crippen molar-refractivity contribution in [3.63, 3.8) is 0 Å². The first kappa shape index (κ1) is 32.4. The van der Waals surface area contributed by atoms with Crippen molar-refractivity contribution in [2.75, 3.05) is 20.3 Å². The van der Waals surface area contributed by atoms with Gasteiger partial charge in [0.15, 0.2) is 23.2 Å². The number of nitrogens with one attached hydrogen (secondary N) is 3. The van der Waals surface area contributed by atoms with E-state index in [0.29, 0.717) is 50.3 Å². The summed E-state index contributed by atoms with van der Waals surface area (Å²) >= 11 is 5.31. The van der Waals surface area contributed by atoms with Crippen LogP contribution in [0, 0.1) is 10.1 Å². The second kappa shape index (κ2) is 15.3. The van der Waals surface area contributed by atoms with Crippen molar-refractivity contribution in [1.29, 1.82) is 0 Å². The van der Waals surface area contributed by atoms with Crippen LogP contribution >= 0.6 is 12.2 Å². The molecule has 4 rings (SSSR count). The van der Waals surface area contributed by atoms with E-state index in [1.165, 1.54) is 25.5 Å². The van der Waals surface area contributed by atoms with E-state index in [1.54, 1.807) is 68.4 Å². The quantitative estimate of drug-likeness (QED) is 0.0818. The van der Waals surface area contributed by atoms with Gasteiger partial charge in [-0.05, 0) is 62.0 Å². The summed E-state index contributed by atoms with van der Waals surface area (Å²) in [5, 5.41) is 21.3. The molecular formula is C31H31N5O8S. The predicted molar refractivity (Wildman–Crippen MR) is 169 cm³/mol. The summed E-state index contributed by atoms with van der Waals surface area (Å²) in [7, 11) is 1.49. The summed E-state index contributed by atoms with van der Waals surface area (Å²) in [6.45, 7) is 3.40. The fourth-order valence-corrected chi connectivity index (χ4v) is 4.70. The largest absolute Gasteiger partial charge is 0.493 e. The standard InChI is InChI=1S/C31H31N5O8S/c1-4-42-30(38)27-19(2)33-31(45)34-28(27)23-9-5-6-10-24(23)43-18-26(37)35-32-16-21-8-7-11-25(41-3)29(21)44-17-20-12-14-22(15-13-20)36(39)40/h5-16,28H,4,17-18H2,1-3H3,(H,35,37)(H2,33,34,45)/t28-/m0/s1. The first-order valence-corrected chi connectivity index (χ1v) is 14.1. The highest BCUT2D eigenvalue weighted by Crippen LogP contribution is 2.34. The maximum absolute atomic E-state index is 12.8. The van der Waals surface area contributed by atoms with E-state index in [2.05, 4.69) is 21.2 Å². The van der Waals surface area contributed by atoms with Crippen LogP contribution in [-0.4, -0.2) is 48.5 Å². The summed E-state index contributed by atoms with van der Waals surface area (Å²) in [5.41, 5.74) is 5.13. The van der Waals surface area contributed by atoms with Crippen molar-refractivity contribution in [2.24, 2.45) is 5.10 Å². The highest BCUT2D eigenvalue weighted by molar-refractivity contribution is 7.80. The average molecular weight is 634 g/mol. The molecule has 1 aliphatic heterocycles. The summed E-state index contributed by atoms with van der Waals surface area (Å²) < 4.78 is 22.5. The van der Waals surface area contributed by atoms with Gasteiger partial charge in [-0.15, -0.1) is 0 Å². The Morgan fingerprint density at radius 1 is 1.07 bits per heavy atom. The van der Waals surface area contributed by atoms with Gasteiger partial charge in [0, 0.05) is 29.0 Å². The minimum atomic E-state index is -0.660. The Hall–Kier alpha value is -5.50. The van der Waals surface area contributed by atoms with E-state index in [4.69, 9.17) is 31.2 Å². The number of carbonyl (C=O) groups is 2. The van der Waals surface area contributed by atoms with Crippen molar-refractivity contribution in [1.82, 2.24) is 16.1 Å². The fraction of sp³-hybridized carbons (Fsp3) is 0.226. The Morgan fingerprint density at radius 3 is 2.51 bits per heavy atom. The number of carbonyl (C=O) groups excluding carboxylic acids is 2. The van der Waals surface area contributed by atoms with Crippen LogP contribution in [0.5, 0.6) is 17.2 Å². The van der Waals surface area contributed by atoms with Crippen molar-refractivity contribution < 1.29 is 33.5 Å². The number of allylic oxidation sites excluding steroid dienone is 1. The van der Waals surface area contributed by atoms with Crippen molar-refractivity contribution in [3.05, 3.63) is 105 Å². The van der Waals surface area contributed by atoms with Gasteiger partial charge >= 0.3 is 5.97 Å². The van der Waals surface area contributed by atoms with Crippen LogP contribution < -0.4 is 30.3 Å².